The monoisotopic (exact) mass is 300 g/mol. The molecule has 0 heterocycles. The van der Waals surface area contributed by atoms with E-state index in [2.05, 4.69) is 19.1 Å². The quantitative estimate of drug-likeness (QED) is 0.430. The molecular weight excluding hydrogens is 272 g/mol. The van der Waals surface area contributed by atoms with Gasteiger partial charge in [-0.15, -0.1) is 0 Å². The molecule has 0 radical (unpaired) electrons. The summed E-state index contributed by atoms with van der Waals surface area (Å²) in [6.07, 6.45) is 14.9. The maximum atomic E-state index is 13.0. The standard InChI is InChI=1S/C20H28O2/c1-20(19(21)22-15-5-3-2-4-6-15)11-14-10-16(20)18-13-8-7-12(9-13)17(14)18/h7-8,12-18H,2-6,9-11H2,1H3. The first-order valence-corrected chi connectivity index (χ1v) is 9.56. The Hall–Kier alpha value is -0.790. The summed E-state index contributed by atoms with van der Waals surface area (Å²) in [5.74, 6) is 4.83. The van der Waals surface area contributed by atoms with Crippen LogP contribution in [-0.2, 0) is 9.53 Å². The Morgan fingerprint density at radius 1 is 1.05 bits per heavy atom. The highest BCUT2D eigenvalue weighted by atomic mass is 16.5. The number of carbonyl (C=O) groups excluding carboxylic acids is 1. The lowest BCUT2D eigenvalue weighted by molar-refractivity contribution is -0.167. The van der Waals surface area contributed by atoms with E-state index in [1.165, 1.54) is 32.1 Å². The molecule has 5 aliphatic rings. The zero-order valence-corrected chi connectivity index (χ0v) is 13.7. The molecule has 5 aliphatic carbocycles. The molecule has 22 heavy (non-hydrogen) atoms. The van der Waals surface area contributed by atoms with E-state index >= 15 is 0 Å². The molecule has 7 atom stereocenters. The fraction of sp³-hybridized carbons (Fsp3) is 0.850. The SMILES string of the molecule is CC1(C(=O)OC2CCCCC2)CC2CC1C1C3C=CC(C3)C21. The Morgan fingerprint density at radius 3 is 2.55 bits per heavy atom. The van der Waals surface area contributed by atoms with E-state index in [0.29, 0.717) is 5.92 Å². The van der Waals surface area contributed by atoms with E-state index < -0.39 is 0 Å². The molecule has 120 valence electrons. The topological polar surface area (TPSA) is 26.3 Å². The average molecular weight is 300 g/mol. The molecule has 0 aliphatic heterocycles. The highest BCUT2D eigenvalue weighted by Gasteiger charge is 2.67. The third kappa shape index (κ3) is 1.70. The summed E-state index contributed by atoms with van der Waals surface area (Å²) in [6.45, 7) is 2.23. The first-order valence-electron chi connectivity index (χ1n) is 9.56. The number of esters is 1. The van der Waals surface area contributed by atoms with Crippen molar-refractivity contribution >= 4 is 5.97 Å². The summed E-state index contributed by atoms with van der Waals surface area (Å²) in [5, 5.41) is 0. The number of rotatable bonds is 2. The zero-order chi connectivity index (χ0) is 14.9. The summed E-state index contributed by atoms with van der Waals surface area (Å²) < 4.78 is 6.00. The van der Waals surface area contributed by atoms with Crippen molar-refractivity contribution in [3.8, 4) is 0 Å². The molecule has 4 saturated carbocycles. The van der Waals surface area contributed by atoms with Crippen LogP contribution in [0.4, 0.5) is 0 Å². The van der Waals surface area contributed by atoms with Crippen molar-refractivity contribution in [2.45, 2.75) is 64.4 Å². The Balaban J connectivity index is 1.35. The molecule has 0 spiro atoms. The van der Waals surface area contributed by atoms with Gasteiger partial charge in [-0.25, -0.2) is 0 Å². The van der Waals surface area contributed by atoms with Crippen molar-refractivity contribution in [1.82, 2.24) is 0 Å². The molecule has 0 aromatic heterocycles. The summed E-state index contributed by atoms with van der Waals surface area (Å²) in [4.78, 5) is 13.0. The third-order valence-corrected chi connectivity index (χ3v) is 7.95. The molecule has 4 bridgehead atoms. The van der Waals surface area contributed by atoms with Gasteiger partial charge in [0.05, 0.1) is 5.41 Å². The van der Waals surface area contributed by atoms with Crippen LogP contribution in [0.5, 0.6) is 0 Å². The molecule has 0 aromatic carbocycles. The van der Waals surface area contributed by atoms with Gasteiger partial charge in [-0.05, 0) is 87.4 Å². The predicted molar refractivity (Wildman–Crippen MR) is 85.0 cm³/mol. The molecular formula is C20H28O2. The molecule has 7 unspecified atom stereocenters. The van der Waals surface area contributed by atoms with Crippen LogP contribution in [0.15, 0.2) is 12.2 Å². The second-order valence-corrected chi connectivity index (χ2v) is 8.99. The van der Waals surface area contributed by atoms with Gasteiger partial charge < -0.3 is 4.74 Å². The van der Waals surface area contributed by atoms with E-state index in [-0.39, 0.29) is 17.5 Å². The highest BCUT2D eigenvalue weighted by molar-refractivity contribution is 5.78. The number of hydrogen-bond acceptors (Lipinski definition) is 2. The lowest BCUT2D eigenvalue weighted by Gasteiger charge is -2.42. The summed E-state index contributed by atoms with van der Waals surface area (Å²) in [6, 6.07) is 0. The van der Waals surface area contributed by atoms with Gasteiger partial charge in [0.15, 0.2) is 0 Å². The largest absolute Gasteiger partial charge is 0.462 e. The van der Waals surface area contributed by atoms with Gasteiger partial charge in [0.2, 0.25) is 0 Å². The number of fused-ring (bicyclic) bond motifs is 9. The highest BCUT2D eigenvalue weighted by Crippen LogP contribution is 2.70. The fourth-order valence-corrected chi connectivity index (χ4v) is 7.07. The smallest absolute Gasteiger partial charge is 0.312 e. The van der Waals surface area contributed by atoms with Gasteiger partial charge in [0, 0.05) is 0 Å². The van der Waals surface area contributed by atoms with Gasteiger partial charge in [0.1, 0.15) is 6.10 Å². The van der Waals surface area contributed by atoms with Gasteiger partial charge in [-0.1, -0.05) is 18.6 Å². The van der Waals surface area contributed by atoms with Gasteiger partial charge in [-0.3, -0.25) is 4.79 Å². The lowest BCUT2D eigenvalue weighted by atomic mass is 9.63. The van der Waals surface area contributed by atoms with Crippen LogP contribution < -0.4 is 0 Å². The Labute approximate surface area is 133 Å². The van der Waals surface area contributed by atoms with E-state index in [4.69, 9.17) is 4.74 Å². The Bertz CT molecular complexity index is 518. The number of carbonyl (C=O) groups is 1. The van der Waals surface area contributed by atoms with Crippen LogP contribution >= 0.6 is 0 Å². The Morgan fingerprint density at radius 2 is 1.77 bits per heavy atom. The molecule has 4 fully saturated rings. The minimum Gasteiger partial charge on any atom is -0.462 e. The molecule has 0 aromatic rings. The summed E-state index contributed by atoms with van der Waals surface area (Å²) in [7, 11) is 0. The van der Waals surface area contributed by atoms with Gasteiger partial charge in [-0.2, -0.15) is 0 Å². The van der Waals surface area contributed by atoms with Gasteiger partial charge >= 0.3 is 5.97 Å². The van der Waals surface area contributed by atoms with Crippen LogP contribution in [-0.4, -0.2) is 12.1 Å². The lowest BCUT2D eigenvalue weighted by Crippen LogP contribution is -2.44. The van der Waals surface area contributed by atoms with Crippen molar-refractivity contribution in [3.05, 3.63) is 12.2 Å². The summed E-state index contributed by atoms with van der Waals surface area (Å²) in [5.41, 5.74) is -0.179. The van der Waals surface area contributed by atoms with Crippen LogP contribution in [0, 0.1) is 40.9 Å². The first kappa shape index (κ1) is 13.6. The molecule has 0 N–H and O–H groups in total. The van der Waals surface area contributed by atoms with Crippen molar-refractivity contribution < 1.29 is 9.53 Å². The van der Waals surface area contributed by atoms with Crippen LogP contribution in [0.3, 0.4) is 0 Å². The maximum absolute atomic E-state index is 13.0. The molecule has 2 heteroatoms. The second kappa shape index (κ2) is 4.61. The zero-order valence-electron chi connectivity index (χ0n) is 13.7. The number of ether oxygens (including phenoxy) is 1. The predicted octanol–water partition coefficient (Wildman–Crippen LogP) is 4.35. The molecule has 2 nitrogen and oxygen atoms in total. The van der Waals surface area contributed by atoms with Crippen LogP contribution in [0.1, 0.15) is 58.3 Å². The van der Waals surface area contributed by atoms with Crippen molar-refractivity contribution in [3.63, 3.8) is 0 Å². The van der Waals surface area contributed by atoms with E-state index in [1.807, 2.05) is 0 Å². The number of allylic oxidation sites excluding steroid dienone is 2. The van der Waals surface area contributed by atoms with E-state index in [9.17, 15) is 4.79 Å². The maximum Gasteiger partial charge on any atom is 0.312 e. The third-order valence-electron chi connectivity index (χ3n) is 7.95. The molecule has 0 amide bonds. The molecule has 0 saturated heterocycles. The Kier molecular flexibility index (Phi) is 2.86. The normalized spacial score (nSPS) is 52.2. The van der Waals surface area contributed by atoms with Gasteiger partial charge in [0.25, 0.3) is 0 Å². The summed E-state index contributed by atoms with van der Waals surface area (Å²) >= 11 is 0. The average Bonchev–Trinajstić information content (AvgIpc) is 3.26. The molecule has 5 rings (SSSR count). The van der Waals surface area contributed by atoms with Crippen molar-refractivity contribution in [2.75, 3.05) is 0 Å². The van der Waals surface area contributed by atoms with Crippen LogP contribution in [0.25, 0.3) is 0 Å². The van der Waals surface area contributed by atoms with E-state index in [0.717, 1.165) is 48.9 Å². The minimum atomic E-state index is -0.179. The fourth-order valence-electron chi connectivity index (χ4n) is 7.07. The minimum absolute atomic E-state index is 0.150. The van der Waals surface area contributed by atoms with Crippen molar-refractivity contribution in [1.29, 1.82) is 0 Å². The van der Waals surface area contributed by atoms with Crippen LogP contribution in [0.2, 0.25) is 0 Å². The second-order valence-electron chi connectivity index (χ2n) is 8.99. The number of hydrogen-bond donors (Lipinski definition) is 0. The first-order chi connectivity index (χ1) is 10.7. The van der Waals surface area contributed by atoms with Crippen molar-refractivity contribution in [2.24, 2.45) is 40.9 Å². The van der Waals surface area contributed by atoms with E-state index in [1.54, 1.807) is 0 Å².